The third-order valence-corrected chi connectivity index (χ3v) is 6.70. The Labute approximate surface area is 158 Å². The molecule has 146 valence electrons. The summed E-state index contributed by atoms with van der Waals surface area (Å²) in [5.41, 5.74) is -0.160. The van der Waals surface area contributed by atoms with Crippen molar-refractivity contribution in [3.05, 3.63) is 54.1 Å². The number of hydrogen-bond donors (Lipinski definition) is 2. The summed E-state index contributed by atoms with van der Waals surface area (Å²) >= 11 is 0. The number of sulfonamides is 1. The van der Waals surface area contributed by atoms with Crippen LogP contribution in [0.25, 0.3) is 11.1 Å². The Kier molecular flexibility index (Phi) is 5.38. The highest BCUT2D eigenvalue weighted by Crippen LogP contribution is 2.34. The first kappa shape index (κ1) is 19.9. The summed E-state index contributed by atoms with van der Waals surface area (Å²) in [4.78, 5) is 0.0838. The third-order valence-electron chi connectivity index (χ3n) is 5.16. The van der Waals surface area contributed by atoms with Gasteiger partial charge in [-0.05, 0) is 68.9 Å². The predicted molar refractivity (Wildman–Crippen MR) is 99.5 cm³/mol. The van der Waals surface area contributed by atoms with Gasteiger partial charge in [0.15, 0.2) is 0 Å². The number of aliphatic hydroxyl groups is 1. The maximum atomic E-state index is 13.9. The summed E-state index contributed by atoms with van der Waals surface area (Å²) in [6.45, 7) is 3.48. The smallest absolute Gasteiger partial charge is 0.240 e. The van der Waals surface area contributed by atoms with Crippen LogP contribution in [0, 0.1) is 17.6 Å². The van der Waals surface area contributed by atoms with Crippen LogP contribution in [-0.4, -0.2) is 25.2 Å². The van der Waals surface area contributed by atoms with Crippen LogP contribution < -0.4 is 4.72 Å². The van der Waals surface area contributed by atoms with Gasteiger partial charge in [0.1, 0.15) is 11.6 Å². The molecule has 1 fully saturated rings. The first-order valence-electron chi connectivity index (χ1n) is 8.86. The SMILES string of the molecule is CC(C)(O)[C@H]1CCC(NS(=O)(=O)c2ccc(-c3ccc(F)cc3F)cc2)C1. The van der Waals surface area contributed by atoms with Crippen molar-refractivity contribution in [2.24, 2.45) is 5.92 Å². The Morgan fingerprint density at radius 1 is 1.07 bits per heavy atom. The van der Waals surface area contributed by atoms with Crippen molar-refractivity contribution in [1.82, 2.24) is 4.72 Å². The molecule has 1 unspecified atom stereocenters. The number of nitrogens with one attached hydrogen (secondary N) is 1. The highest BCUT2D eigenvalue weighted by molar-refractivity contribution is 7.89. The third kappa shape index (κ3) is 4.54. The number of halogens is 2. The predicted octanol–water partition coefficient (Wildman–Crippen LogP) is 3.85. The summed E-state index contributed by atoms with van der Waals surface area (Å²) in [7, 11) is -3.71. The van der Waals surface area contributed by atoms with Gasteiger partial charge in [0.05, 0.1) is 10.5 Å². The minimum absolute atomic E-state index is 0.0500. The maximum absolute atomic E-state index is 13.9. The molecule has 4 nitrogen and oxygen atoms in total. The number of rotatable bonds is 5. The molecule has 1 saturated carbocycles. The van der Waals surface area contributed by atoms with Gasteiger partial charge < -0.3 is 5.11 Å². The molecule has 3 rings (SSSR count). The Morgan fingerprint density at radius 3 is 2.30 bits per heavy atom. The molecule has 7 heteroatoms. The molecule has 0 heterocycles. The van der Waals surface area contributed by atoms with Crippen LogP contribution in [0.2, 0.25) is 0 Å². The van der Waals surface area contributed by atoms with Crippen molar-refractivity contribution in [2.75, 3.05) is 0 Å². The normalized spacial score (nSPS) is 20.8. The van der Waals surface area contributed by atoms with Gasteiger partial charge in [0.2, 0.25) is 10.0 Å². The van der Waals surface area contributed by atoms with Crippen molar-refractivity contribution >= 4 is 10.0 Å². The van der Waals surface area contributed by atoms with Crippen LogP contribution in [0.5, 0.6) is 0 Å². The molecule has 0 bridgehead atoms. The molecule has 0 aliphatic heterocycles. The van der Waals surface area contributed by atoms with E-state index < -0.39 is 27.3 Å². The standard InChI is InChI=1S/C20H23F2NO3S/c1-20(2,24)14-5-7-16(11-14)23-27(25,26)17-8-3-13(4-9-17)18-10-6-15(21)12-19(18)22/h3-4,6,8-10,12,14,16,23-24H,5,7,11H2,1-2H3/t14-,16?/m0/s1. The summed E-state index contributed by atoms with van der Waals surface area (Å²) < 4.78 is 54.8. The largest absolute Gasteiger partial charge is 0.390 e. The lowest BCUT2D eigenvalue weighted by atomic mass is 9.90. The van der Waals surface area contributed by atoms with Crippen LogP contribution in [0.1, 0.15) is 33.1 Å². The molecule has 27 heavy (non-hydrogen) atoms. The molecule has 0 saturated heterocycles. The molecule has 1 aliphatic carbocycles. The van der Waals surface area contributed by atoms with Crippen molar-refractivity contribution in [3.63, 3.8) is 0 Å². The monoisotopic (exact) mass is 395 g/mol. The molecule has 2 aromatic carbocycles. The Bertz CT molecular complexity index is 921. The highest BCUT2D eigenvalue weighted by Gasteiger charge is 2.36. The zero-order valence-electron chi connectivity index (χ0n) is 15.2. The van der Waals surface area contributed by atoms with E-state index in [4.69, 9.17) is 0 Å². The van der Waals surface area contributed by atoms with E-state index in [0.717, 1.165) is 18.6 Å². The highest BCUT2D eigenvalue weighted by atomic mass is 32.2. The topological polar surface area (TPSA) is 66.4 Å². The van der Waals surface area contributed by atoms with E-state index in [-0.39, 0.29) is 22.4 Å². The second-order valence-corrected chi connectivity index (χ2v) is 9.34. The number of hydrogen-bond acceptors (Lipinski definition) is 3. The number of benzene rings is 2. The van der Waals surface area contributed by atoms with Crippen molar-refractivity contribution in [3.8, 4) is 11.1 Å². The van der Waals surface area contributed by atoms with E-state index >= 15 is 0 Å². The molecular weight excluding hydrogens is 372 g/mol. The fourth-order valence-electron chi connectivity index (χ4n) is 3.55. The average Bonchev–Trinajstić information content (AvgIpc) is 3.03. The van der Waals surface area contributed by atoms with Gasteiger partial charge >= 0.3 is 0 Å². The maximum Gasteiger partial charge on any atom is 0.240 e. The van der Waals surface area contributed by atoms with E-state index in [2.05, 4.69) is 4.72 Å². The van der Waals surface area contributed by atoms with E-state index in [0.29, 0.717) is 18.4 Å². The average molecular weight is 395 g/mol. The molecule has 2 aromatic rings. The van der Waals surface area contributed by atoms with Crippen LogP contribution in [-0.2, 0) is 10.0 Å². The van der Waals surface area contributed by atoms with Crippen LogP contribution in [0.3, 0.4) is 0 Å². The fraction of sp³-hybridized carbons (Fsp3) is 0.400. The first-order chi connectivity index (χ1) is 12.6. The molecule has 0 aromatic heterocycles. The molecule has 0 radical (unpaired) electrons. The summed E-state index contributed by atoms with van der Waals surface area (Å²) in [6, 6.07) is 8.86. The second-order valence-electron chi connectivity index (χ2n) is 7.63. The van der Waals surface area contributed by atoms with Gasteiger partial charge in [-0.2, -0.15) is 0 Å². The lowest BCUT2D eigenvalue weighted by Gasteiger charge is -2.25. The minimum Gasteiger partial charge on any atom is -0.390 e. The van der Waals surface area contributed by atoms with Gasteiger partial charge in [-0.3, -0.25) is 0 Å². The van der Waals surface area contributed by atoms with Crippen molar-refractivity contribution in [2.45, 2.75) is 49.6 Å². The van der Waals surface area contributed by atoms with Gasteiger partial charge in [-0.25, -0.2) is 21.9 Å². The van der Waals surface area contributed by atoms with Crippen molar-refractivity contribution < 1.29 is 22.3 Å². The zero-order chi connectivity index (χ0) is 19.8. The lowest BCUT2D eigenvalue weighted by molar-refractivity contribution is 0.0193. The fourth-order valence-corrected chi connectivity index (χ4v) is 4.84. The molecule has 2 atom stereocenters. The summed E-state index contributed by atoms with van der Waals surface area (Å²) in [5.74, 6) is -1.32. The van der Waals surface area contributed by atoms with Crippen LogP contribution in [0.15, 0.2) is 47.4 Å². The van der Waals surface area contributed by atoms with Gasteiger partial charge in [0.25, 0.3) is 0 Å². The molecule has 2 N–H and O–H groups in total. The molecule has 1 aliphatic rings. The van der Waals surface area contributed by atoms with Gasteiger partial charge in [-0.15, -0.1) is 0 Å². The van der Waals surface area contributed by atoms with E-state index in [1.807, 2.05) is 0 Å². The van der Waals surface area contributed by atoms with E-state index in [1.165, 1.54) is 30.3 Å². The Hall–Kier alpha value is -1.83. The quantitative estimate of drug-likeness (QED) is 0.808. The second kappa shape index (κ2) is 7.30. The Balaban J connectivity index is 1.74. The first-order valence-corrected chi connectivity index (χ1v) is 10.3. The molecule has 0 amide bonds. The van der Waals surface area contributed by atoms with E-state index in [1.54, 1.807) is 13.8 Å². The minimum atomic E-state index is -3.71. The van der Waals surface area contributed by atoms with E-state index in [9.17, 15) is 22.3 Å². The molecule has 0 spiro atoms. The van der Waals surface area contributed by atoms with Gasteiger partial charge in [0, 0.05) is 17.7 Å². The summed E-state index contributed by atoms with van der Waals surface area (Å²) in [5, 5.41) is 10.1. The zero-order valence-corrected chi connectivity index (χ0v) is 16.1. The van der Waals surface area contributed by atoms with Crippen LogP contribution >= 0.6 is 0 Å². The van der Waals surface area contributed by atoms with Crippen molar-refractivity contribution in [1.29, 1.82) is 0 Å². The Morgan fingerprint density at radius 2 is 1.74 bits per heavy atom. The summed E-state index contributed by atoms with van der Waals surface area (Å²) in [6.07, 6.45) is 2.02. The lowest BCUT2D eigenvalue weighted by Crippen LogP contribution is -2.35. The van der Waals surface area contributed by atoms with Crippen LogP contribution in [0.4, 0.5) is 8.78 Å². The van der Waals surface area contributed by atoms with Gasteiger partial charge in [-0.1, -0.05) is 12.1 Å². The molecular formula is C20H23F2NO3S.